The molecule has 0 radical (unpaired) electrons. The van der Waals surface area contributed by atoms with Crippen molar-refractivity contribution in [1.29, 1.82) is 0 Å². The molecule has 1 saturated heterocycles. The molecule has 0 saturated carbocycles. The maximum absolute atomic E-state index is 13.7. The molecule has 0 bridgehead atoms. The van der Waals surface area contributed by atoms with Gasteiger partial charge in [0.1, 0.15) is 17.2 Å². The Kier molecular flexibility index (Phi) is 7.42. The summed E-state index contributed by atoms with van der Waals surface area (Å²) in [5.41, 5.74) is 4.23. The zero-order chi connectivity index (χ0) is 26.5. The standard InChI is InChI=1S/C30H27FN4O3/c1-21-7-9-23(10-8-21)29(36)32-27(30(37)34-15-17-38-18-16-34)19-24-20-35(26-5-3-2-4-6-26)33-28(24)22-11-13-25(31)14-12-22/h2-14,19-20H,15-18H2,1H3,(H,32,36)/b27-19+. The van der Waals surface area contributed by atoms with Crippen LogP contribution in [0.15, 0.2) is 90.8 Å². The summed E-state index contributed by atoms with van der Waals surface area (Å²) >= 11 is 0. The van der Waals surface area contributed by atoms with Gasteiger partial charge in [-0.1, -0.05) is 35.9 Å². The number of carbonyl (C=O) groups is 2. The van der Waals surface area contributed by atoms with Crippen LogP contribution in [0.5, 0.6) is 0 Å². The van der Waals surface area contributed by atoms with Gasteiger partial charge in [-0.25, -0.2) is 9.07 Å². The van der Waals surface area contributed by atoms with Gasteiger partial charge >= 0.3 is 0 Å². The molecule has 38 heavy (non-hydrogen) atoms. The van der Waals surface area contributed by atoms with E-state index >= 15 is 0 Å². The second kappa shape index (κ2) is 11.2. The molecule has 5 rings (SSSR count). The molecule has 1 N–H and O–H groups in total. The number of rotatable bonds is 6. The Balaban J connectivity index is 1.58. The number of aromatic nitrogens is 2. The highest BCUT2D eigenvalue weighted by molar-refractivity contribution is 6.05. The van der Waals surface area contributed by atoms with Gasteiger partial charge in [-0.2, -0.15) is 5.10 Å². The number of ether oxygens (including phenoxy) is 1. The highest BCUT2D eigenvalue weighted by atomic mass is 19.1. The number of amides is 2. The quantitative estimate of drug-likeness (QED) is 0.384. The number of halogens is 1. The summed E-state index contributed by atoms with van der Waals surface area (Å²) in [5, 5.41) is 7.57. The molecule has 1 aromatic heterocycles. The third kappa shape index (κ3) is 5.71. The summed E-state index contributed by atoms with van der Waals surface area (Å²) in [7, 11) is 0. The van der Waals surface area contributed by atoms with E-state index in [0.717, 1.165) is 11.3 Å². The number of para-hydroxylation sites is 1. The molecule has 0 aliphatic carbocycles. The van der Waals surface area contributed by atoms with E-state index in [2.05, 4.69) is 5.32 Å². The molecule has 1 aliphatic rings. The van der Waals surface area contributed by atoms with Crippen molar-refractivity contribution in [3.63, 3.8) is 0 Å². The van der Waals surface area contributed by atoms with Gasteiger partial charge in [0, 0.05) is 36.0 Å². The van der Waals surface area contributed by atoms with E-state index in [1.54, 1.807) is 46.1 Å². The van der Waals surface area contributed by atoms with Gasteiger partial charge < -0.3 is 15.0 Å². The first-order valence-corrected chi connectivity index (χ1v) is 12.4. The highest BCUT2D eigenvalue weighted by Gasteiger charge is 2.24. The topological polar surface area (TPSA) is 76.5 Å². The molecule has 4 aromatic rings. The Morgan fingerprint density at radius 3 is 2.32 bits per heavy atom. The van der Waals surface area contributed by atoms with Gasteiger partial charge in [-0.3, -0.25) is 9.59 Å². The van der Waals surface area contributed by atoms with Crippen molar-refractivity contribution in [2.24, 2.45) is 0 Å². The zero-order valence-electron chi connectivity index (χ0n) is 20.9. The number of nitrogens with zero attached hydrogens (tertiary/aromatic N) is 3. The highest BCUT2D eigenvalue weighted by Crippen LogP contribution is 2.26. The second-order valence-corrected chi connectivity index (χ2v) is 9.00. The number of aryl methyl sites for hydroxylation is 1. The van der Waals surface area contributed by atoms with Crippen LogP contribution < -0.4 is 5.32 Å². The Bertz CT molecular complexity index is 1460. The van der Waals surface area contributed by atoms with E-state index in [1.165, 1.54) is 12.1 Å². The first kappa shape index (κ1) is 25.1. The summed E-state index contributed by atoms with van der Waals surface area (Å²) < 4.78 is 20.8. The fraction of sp³-hybridized carbons (Fsp3) is 0.167. The van der Waals surface area contributed by atoms with E-state index in [1.807, 2.05) is 49.4 Å². The van der Waals surface area contributed by atoms with Crippen molar-refractivity contribution < 1.29 is 18.7 Å². The molecule has 7 nitrogen and oxygen atoms in total. The molecular formula is C30H27FN4O3. The average Bonchev–Trinajstić information content (AvgIpc) is 3.37. The predicted octanol–water partition coefficient (Wildman–Crippen LogP) is 4.62. The lowest BCUT2D eigenvalue weighted by atomic mass is 10.1. The first-order valence-electron chi connectivity index (χ1n) is 12.4. The summed E-state index contributed by atoms with van der Waals surface area (Å²) in [6.45, 7) is 3.64. The Morgan fingerprint density at radius 2 is 1.63 bits per heavy atom. The van der Waals surface area contributed by atoms with Crippen molar-refractivity contribution in [2.75, 3.05) is 26.3 Å². The number of carbonyl (C=O) groups excluding carboxylic acids is 2. The van der Waals surface area contributed by atoms with Crippen LogP contribution in [0.1, 0.15) is 21.5 Å². The molecule has 1 aliphatic heterocycles. The first-order chi connectivity index (χ1) is 18.5. The third-order valence-corrected chi connectivity index (χ3v) is 6.27. The summed E-state index contributed by atoms with van der Waals surface area (Å²) in [6, 6.07) is 22.7. The SMILES string of the molecule is Cc1ccc(C(=O)N/C(=C/c2cn(-c3ccccc3)nc2-c2ccc(F)cc2)C(=O)N2CCOCC2)cc1. The summed E-state index contributed by atoms with van der Waals surface area (Å²) in [5.74, 6) is -1.06. The van der Waals surface area contributed by atoms with Crippen LogP contribution in [0.25, 0.3) is 23.0 Å². The van der Waals surface area contributed by atoms with Crippen LogP contribution in [-0.4, -0.2) is 52.8 Å². The van der Waals surface area contributed by atoms with Gasteiger partial charge in [0.25, 0.3) is 11.8 Å². The molecule has 2 heterocycles. The number of hydrogen-bond donors (Lipinski definition) is 1. The molecule has 192 valence electrons. The maximum Gasteiger partial charge on any atom is 0.270 e. The van der Waals surface area contributed by atoms with Gasteiger partial charge in [0.2, 0.25) is 0 Å². The van der Waals surface area contributed by atoms with Crippen molar-refractivity contribution in [2.45, 2.75) is 6.92 Å². The predicted molar refractivity (Wildman–Crippen MR) is 143 cm³/mol. The molecule has 8 heteroatoms. The van der Waals surface area contributed by atoms with Crippen molar-refractivity contribution >= 4 is 17.9 Å². The summed E-state index contributed by atoms with van der Waals surface area (Å²) in [4.78, 5) is 28.4. The van der Waals surface area contributed by atoms with Crippen molar-refractivity contribution in [3.8, 4) is 16.9 Å². The molecule has 0 spiro atoms. The van der Waals surface area contributed by atoms with Crippen molar-refractivity contribution in [1.82, 2.24) is 20.0 Å². The normalized spacial score (nSPS) is 13.8. The van der Waals surface area contributed by atoms with Crippen molar-refractivity contribution in [3.05, 3.63) is 113 Å². The van der Waals surface area contributed by atoms with Gasteiger partial charge in [0.05, 0.1) is 18.9 Å². The zero-order valence-corrected chi connectivity index (χ0v) is 20.9. The van der Waals surface area contributed by atoms with Crippen LogP contribution in [0, 0.1) is 12.7 Å². The minimum absolute atomic E-state index is 0.119. The van der Waals surface area contributed by atoms with E-state index in [-0.39, 0.29) is 17.4 Å². The second-order valence-electron chi connectivity index (χ2n) is 9.00. The van der Waals surface area contributed by atoms with E-state index in [0.29, 0.717) is 48.7 Å². The van der Waals surface area contributed by atoms with E-state index < -0.39 is 5.91 Å². The number of hydrogen-bond acceptors (Lipinski definition) is 4. The Morgan fingerprint density at radius 1 is 0.947 bits per heavy atom. The van der Waals surface area contributed by atoms with Gasteiger partial charge in [-0.15, -0.1) is 0 Å². The van der Waals surface area contributed by atoms with Crippen LogP contribution in [-0.2, 0) is 9.53 Å². The number of morpholine rings is 1. The smallest absolute Gasteiger partial charge is 0.270 e. The van der Waals surface area contributed by atoms with Crippen LogP contribution in [0.4, 0.5) is 4.39 Å². The Hall–Kier alpha value is -4.56. The van der Waals surface area contributed by atoms with Crippen LogP contribution in [0.2, 0.25) is 0 Å². The Labute approximate surface area is 220 Å². The number of nitrogens with one attached hydrogen (secondary N) is 1. The molecular weight excluding hydrogens is 483 g/mol. The maximum atomic E-state index is 13.7. The minimum Gasteiger partial charge on any atom is -0.378 e. The minimum atomic E-state index is -0.392. The molecule has 2 amide bonds. The van der Waals surface area contributed by atoms with Crippen LogP contribution in [0.3, 0.4) is 0 Å². The largest absolute Gasteiger partial charge is 0.378 e. The summed E-state index contributed by atoms with van der Waals surface area (Å²) in [6.07, 6.45) is 3.42. The molecule has 0 atom stereocenters. The van der Waals surface area contributed by atoms with Crippen LogP contribution >= 0.6 is 0 Å². The van der Waals surface area contributed by atoms with Gasteiger partial charge in [0.15, 0.2) is 0 Å². The molecule has 0 unspecified atom stereocenters. The fourth-order valence-electron chi connectivity index (χ4n) is 4.18. The average molecular weight is 511 g/mol. The lowest BCUT2D eigenvalue weighted by Crippen LogP contribution is -2.44. The monoisotopic (exact) mass is 510 g/mol. The molecule has 3 aromatic carbocycles. The number of benzene rings is 3. The van der Waals surface area contributed by atoms with E-state index in [9.17, 15) is 14.0 Å². The lowest BCUT2D eigenvalue weighted by Gasteiger charge is -2.27. The lowest BCUT2D eigenvalue weighted by molar-refractivity contribution is -0.131. The third-order valence-electron chi connectivity index (χ3n) is 6.27. The van der Waals surface area contributed by atoms with E-state index in [4.69, 9.17) is 9.84 Å². The fourth-order valence-corrected chi connectivity index (χ4v) is 4.18. The molecule has 1 fully saturated rings. The van der Waals surface area contributed by atoms with Gasteiger partial charge in [-0.05, 0) is 61.5 Å².